The van der Waals surface area contributed by atoms with E-state index in [0.717, 1.165) is 66.0 Å². The van der Waals surface area contributed by atoms with Crippen molar-refractivity contribution >= 4 is 75.3 Å². The zero-order valence-electron chi connectivity index (χ0n) is 30.4. The van der Waals surface area contributed by atoms with Gasteiger partial charge in [-0.05, 0) is 53.1 Å². The molecule has 0 N–H and O–H groups in total. The zero-order chi connectivity index (χ0) is 37.5. The van der Waals surface area contributed by atoms with Crippen LogP contribution in [0.3, 0.4) is 0 Å². The van der Waals surface area contributed by atoms with E-state index in [1.165, 1.54) is 31.3 Å². The van der Waals surface area contributed by atoms with Gasteiger partial charge in [-0.15, -0.1) is 11.3 Å². The molecule has 4 aromatic heterocycles. The molecule has 0 bridgehead atoms. The molecule has 0 radical (unpaired) electrons. The Labute approximate surface area is 330 Å². The van der Waals surface area contributed by atoms with Crippen LogP contribution in [-0.4, -0.2) is 19.5 Å². The van der Waals surface area contributed by atoms with Crippen molar-refractivity contribution in [3.8, 4) is 51.0 Å². The van der Waals surface area contributed by atoms with Gasteiger partial charge in [-0.3, -0.25) is 4.57 Å². The van der Waals surface area contributed by atoms with Gasteiger partial charge in [-0.2, -0.15) is 9.97 Å². The van der Waals surface area contributed by atoms with Gasteiger partial charge in [0.15, 0.2) is 11.6 Å². The third-order valence-corrected chi connectivity index (χ3v) is 12.2. The van der Waals surface area contributed by atoms with Crippen LogP contribution in [0.25, 0.3) is 115 Å². The number of para-hydroxylation sites is 3. The lowest BCUT2D eigenvalue weighted by Gasteiger charge is -2.13. The van der Waals surface area contributed by atoms with Crippen LogP contribution in [0.1, 0.15) is 0 Å². The average Bonchev–Trinajstić information content (AvgIpc) is 3.96. The molecule has 0 spiro atoms. The Morgan fingerprint density at radius 3 is 1.88 bits per heavy atom. The molecular formula is C51H30N4OS. The first-order valence-corrected chi connectivity index (χ1v) is 19.8. The number of hydrogen-bond donors (Lipinski definition) is 0. The second-order valence-electron chi connectivity index (χ2n) is 14.4. The highest BCUT2D eigenvalue weighted by Gasteiger charge is 2.21. The minimum Gasteiger partial charge on any atom is -0.456 e. The SMILES string of the molecule is c1ccc(-c2nc(-c3ccc4c(c3)oc3ccccc34)nc(-n3c4ccccc4c4cccc(-c5ccc(-c6cccc7sc8ccccc8c67)cc5)c43)n2)cc1. The molecule has 0 saturated carbocycles. The smallest absolute Gasteiger partial charge is 0.238 e. The van der Waals surface area contributed by atoms with Crippen LogP contribution in [0.2, 0.25) is 0 Å². The Bertz CT molecular complexity index is 3520. The van der Waals surface area contributed by atoms with E-state index >= 15 is 0 Å². The minimum absolute atomic E-state index is 0.551. The molecule has 0 saturated heterocycles. The molecule has 12 aromatic rings. The highest BCUT2D eigenvalue weighted by atomic mass is 32.1. The number of aromatic nitrogens is 4. The standard InChI is InChI=1S/C51H30N4OS/c1-2-12-33(13-3-1)49-52-50(34-28-29-39-38-15-5-8-21-43(38)56-44(39)30-34)54-51(53-49)55-42-20-7-4-14-37(42)40-19-10-18-36(48(40)55)32-26-24-31(25-27-32)35-17-11-23-46-47(35)41-16-6-9-22-45(41)57-46/h1-30H. The van der Waals surface area contributed by atoms with E-state index in [2.05, 4.69) is 132 Å². The number of furan rings is 1. The number of nitrogens with zero attached hydrogens (tertiary/aromatic N) is 4. The normalized spacial score (nSPS) is 11.9. The van der Waals surface area contributed by atoms with Gasteiger partial charge in [0.2, 0.25) is 5.95 Å². The molecule has 5 nitrogen and oxygen atoms in total. The van der Waals surface area contributed by atoms with Crippen LogP contribution < -0.4 is 0 Å². The summed E-state index contributed by atoms with van der Waals surface area (Å²) in [5, 5.41) is 7.03. The van der Waals surface area contributed by atoms with Crippen LogP contribution in [0.4, 0.5) is 0 Å². The first kappa shape index (κ1) is 31.9. The first-order valence-electron chi connectivity index (χ1n) is 19.0. The van der Waals surface area contributed by atoms with E-state index in [1.807, 2.05) is 65.9 Å². The highest BCUT2D eigenvalue weighted by molar-refractivity contribution is 7.25. The summed E-state index contributed by atoms with van der Waals surface area (Å²) < 4.78 is 11.1. The molecule has 8 aromatic carbocycles. The highest BCUT2D eigenvalue weighted by Crippen LogP contribution is 2.42. The summed E-state index contributed by atoms with van der Waals surface area (Å²) in [6, 6.07) is 63.9. The Hall–Kier alpha value is -7.41. The predicted molar refractivity (Wildman–Crippen MR) is 236 cm³/mol. The van der Waals surface area contributed by atoms with Crippen molar-refractivity contribution < 1.29 is 4.42 Å². The molecule has 0 aliphatic heterocycles. The quantitative estimate of drug-likeness (QED) is 0.176. The molecule has 12 rings (SSSR count). The van der Waals surface area contributed by atoms with Gasteiger partial charge in [0.25, 0.3) is 0 Å². The van der Waals surface area contributed by atoms with Crippen LogP contribution in [0.15, 0.2) is 186 Å². The summed E-state index contributed by atoms with van der Waals surface area (Å²) in [5.41, 5.74) is 10.1. The summed E-state index contributed by atoms with van der Waals surface area (Å²) in [6.07, 6.45) is 0. The van der Waals surface area contributed by atoms with E-state index in [0.29, 0.717) is 17.6 Å². The molecule has 0 fully saturated rings. The van der Waals surface area contributed by atoms with Crippen LogP contribution in [-0.2, 0) is 0 Å². The maximum Gasteiger partial charge on any atom is 0.238 e. The lowest BCUT2D eigenvalue weighted by Crippen LogP contribution is -2.07. The van der Waals surface area contributed by atoms with Gasteiger partial charge in [-0.25, -0.2) is 4.98 Å². The van der Waals surface area contributed by atoms with Crippen molar-refractivity contribution in [1.29, 1.82) is 0 Å². The van der Waals surface area contributed by atoms with Crippen molar-refractivity contribution in [2.24, 2.45) is 0 Å². The molecule has 0 amide bonds. The molecule has 0 aliphatic rings. The number of rotatable bonds is 5. The van der Waals surface area contributed by atoms with Crippen molar-refractivity contribution in [3.05, 3.63) is 182 Å². The summed E-state index contributed by atoms with van der Waals surface area (Å²) in [5.74, 6) is 1.72. The number of fused-ring (bicyclic) bond motifs is 9. The van der Waals surface area contributed by atoms with E-state index < -0.39 is 0 Å². The van der Waals surface area contributed by atoms with Gasteiger partial charge >= 0.3 is 0 Å². The van der Waals surface area contributed by atoms with Crippen LogP contribution in [0.5, 0.6) is 0 Å². The molecule has 266 valence electrons. The van der Waals surface area contributed by atoms with Gasteiger partial charge in [0, 0.05) is 58.4 Å². The second kappa shape index (κ2) is 12.6. The topological polar surface area (TPSA) is 56.7 Å². The summed E-state index contributed by atoms with van der Waals surface area (Å²) >= 11 is 1.85. The number of thiophene rings is 1. The van der Waals surface area contributed by atoms with E-state index in [4.69, 9.17) is 19.4 Å². The lowest BCUT2D eigenvalue weighted by molar-refractivity contribution is 0.669. The van der Waals surface area contributed by atoms with E-state index in [-0.39, 0.29) is 0 Å². The lowest BCUT2D eigenvalue weighted by atomic mass is 9.96. The van der Waals surface area contributed by atoms with Crippen molar-refractivity contribution in [3.63, 3.8) is 0 Å². The van der Waals surface area contributed by atoms with Gasteiger partial charge in [0.05, 0.1) is 11.0 Å². The predicted octanol–water partition coefficient (Wildman–Crippen LogP) is 13.9. The fraction of sp³-hybridized carbons (Fsp3) is 0. The van der Waals surface area contributed by atoms with Gasteiger partial charge in [-0.1, -0.05) is 146 Å². The van der Waals surface area contributed by atoms with E-state index in [9.17, 15) is 0 Å². The Kier molecular flexibility index (Phi) is 7.03. The Morgan fingerprint density at radius 2 is 1.02 bits per heavy atom. The fourth-order valence-electron chi connectivity index (χ4n) is 8.48. The summed E-state index contributed by atoms with van der Waals surface area (Å²) in [7, 11) is 0. The molecule has 6 heteroatoms. The molecule has 57 heavy (non-hydrogen) atoms. The number of hydrogen-bond acceptors (Lipinski definition) is 5. The van der Waals surface area contributed by atoms with Gasteiger partial charge < -0.3 is 4.42 Å². The van der Waals surface area contributed by atoms with Crippen LogP contribution >= 0.6 is 11.3 Å². The van der Waals surface area contributed by atoms with Crippen molar-refractivity contribution in [2.75, 3.05) is 0 Å². The van der Waals surface area contributed by atoms with Crippen molar-refractivity contribution in [2.45, 2.75) is 0 Å². The molecule has 0 atom stereocenters. The average molecular weight is 747 g/mol. The fourth-order valence-corrected chi connectivity index (χ4v) is 9.61. The monoisotopic (exact) mass is 746 g/mol. The Morgan fingerprint density at radius 1 is 0.404 bits per heavy atom. The van der Waals surface area contributed by atoms with Gasteiger partial charge in [0.1, 0.15) is 11.2 Å². The summed E-state index contributed by atoms with van der Waals surface area (Å²) in [6.45, 7) is 0. The van der Waals surface area contributed by atoms with Crippen LogP contribution in [0, 0.1) is 0 Å². The third-order valence-electron chi connectivity index (χ3n) is 11.1. The Balaban J connectivity index is 1.06. The van der Waals surface area contributed by atoms with Crippen molar-refractivity contribution in [1.82, 2.24) is 19.5 Å². The molecular weight excluding hydrogens is 717 g/mol. The molecule has 4 heterocycles. The van der Waals surface area contributed by atoms with E-state index in [1.54, 1.807) is 0 Å². The summed E-state index contributed by atoms with van der Waals surface area (Å²) in [4.78, 5) is 15.6. The zero-order valence-corrected chi connectivity index (χ0v) is 31.2. The largest absolute Gasteiger partial charge is 0.456 e. The molecule has 0 unspecified atom stereocenters. The second-order valence-corrected chi connectivity index (χ2v) is 15.5. The maximum absolute atomic E-state index is 6.31. The minimum atomic E-state index is 0.551. The molecule has 0 aliphatic carbocycles. The maximum atomic E-state index is 6.31. The first-order chi connectivity index (χ1) is 28.2. The number of benzene rings is 8. The third kappa shape index (κ3) is 5.04.